The highest BCUT2D eigenvalue weighted by atomic mass is 35.5. The van der Waals surface area contributed by atoms with Crippen molar-refractivity contribution in [3.05, 3.63) is 28.8 Å². The van der Waals surface area contributed by atoms with E-state index in [4.69, 9.17) is 21.1 Å². The van der Waals surface area contributed by atoms with Gasteiger partial charge in [0.15, 0.2) is 0 Å². The summed E-state index contributed by atoms with van der Waals surface area (Å²) in [4.78, 5) is 14.2. The third kappa shape index (κ3) is 7.97. The highest BCUT2D eigenvalue weighted by Crippen LogP contribution is 2.27. The van der Waals surface area contributed by atoms with Gasteiger partial charge in [0, 0.05) is 30.2 Å². The number of amides is 1. The van der Waals surface area contributed by atoms with Gasteiger partial charge in [-0.1, -0.05) is 24.9 Å². The first-order chi connectivity index (χ1) is 12.8. The Bertz CT molecular complexity index is 616. The van der Waals surface area contributed by atoms with E-state index in [0.29, 0.717) is 12.5 Å². The zero-order valence-electron chi connectivity index (χ0n) is 17.0. The third-order valence-electron chi connectivity index (χ3n) is 4.48. The van der Waals surface area contributed by atoms with Crippen LogP contribution in [0.15, 0.2) is 18.2 Å². The number of hydrogen-bond acceptors (Lipinski definition) is 4. The van der Waals surface area contributed by atoms with Crippen LogP contribution in [0.4, 0.5) is 4.79 Å². The van der Waals surface area contributed by atoms with Gasteiger partial charge in [-0.3, -0.25) is 4.90 Å². The lowest BCUT2D eigenvalue weighted by Crippen LogP contribution is -2.36. The molecule has 0 spiro atoms. The second-order valence-electron chi connectivity index (χ2n) is 8.23. The molecule has 1 aliphatic rings. The number of benzene rings is 1. The van der Waals surface area contributed by atoms with Crippen molar-refractivity contribution in [2.75, 3.05) is 26.2 Å². The standard InChI is InChI=1S/C21H33ClN2O3/c1-5-6-11-26-19-8-7-18(22)12-17(19)15-24-10-9-16(14-24)13-23-20(25)27-21(2,3)4/h7-8,12,16H,5-6,9-11,13-15H2,1-4H3,(H,23,25)/t16-/m1/s1. The fourth-order valence-electron chi connectivity index (χ4n) is 3.14. The van der Waals surface area contributed by atoms with Crippen LogP contribution in [-0.4, -0.2) is 42.8 Å². The zero-order valence-corrected chi connectivity index (χ0v) is 17.8. The summed E-state index contributed by atoms with van der Waals surface area (Å²) in [5.41, 5.74) is 0.659. The molecule has 27 heavy (non-hydrogen) atoms. The minimum absolute atomic E-state index is 0.345. The molecular formula is C21H33ClN2O3. The Morgan fingerprint density at radius 2 is 2.15 bits per heavy atom. The molecule has 1 atom stereocenters. The van der Waals surface area contributed by atoms with Gasteiger partial charge in [0.25, 0.3) is 0 Å². The van der Waals surface area contributed by atoms with E-state index < -0.39 is 5.60 Å². The topological polar surface area (TPSA) is 50.8 Å². The van der Waals surface area contributed by atoms with Crippen molar-refractivity contribution in [2.24, 2.45) is 5.92 Å². The average Bonchev–Trinajstić information content (AvgIpc) is 3.01. The lowest BCUT2D eigenvalue weighted by atomic mass is 10.1. The Balaban J connectivity index is 1.83. The van der Waals surface area contributed by atoms with Crippen molar-refractivity contribution in [2.45, 2.75) is 59.1 Å². The Labute approximate surface area is 168 Å². The molecule has 6 heteroatoms. The monoisotopic (exact) mass is 396 g/mol. The van der Waals surface area contributed by atoms with E-state index in [1.165, 1.54) is 0 Å². The van der Waals surface area contributed by atoms with Gasteiger partial charge in [-0.15, -0.1) is 0 Å². The van der Waals surface area contributed by atoms with Crippen LogP contribution in [0.1, 0.15) is 52.5 Å². The molecule has 1 aromatic rings. The van der Waals surface area contributed by atoms with Crippen molar-refractivity contribution in [1.82, 2.24) is 10.2 Å². The summed E-state index contributed by atoms with van der Waals surface area (Å²) < 4.78 is 11.2. The van der Waals surface area contributed by atoms with E-state index in [-0.39, 0.29) is 6.09 Å². The fourth-order valence-corrected chi connectivity index (χ4v) is 3.34. The highest BCUT2D eigenvalue weighted by molar-refractivity contribution is 6.30. The summed E-state index contributed by atoms with van der Waals surface area (Å²) in [5, 5.41) is 3.62. The summed E-state index contributed by atoms with van der Waals surface area (Å²) in [6.45, 7) is 11.9. The molecule has 0 radical (unpaired) electrons. The Morgan fingerprint density at radius 3 is 2.85 bits per heavy atom. The summed E-state index contributed by atoms with van der Waals surface area (Å²) in [6, 6.07) is 5.84. The van der Waals surface area contributed by atoms with E-state index in [0.717, 1.165) is 61.8 Å². The molecule has 1 heterocycles. The molecule has 1 saturated heterocycles. The van der Waals surface area contributed by atoms with E-state index in [9.17, 15) is 4.79 Å². The first kappa shape index (κ1) is 21.8. The van der Waals surface area contributed by atoms with E-state index >= 15 is 0 Å². The van der Waals surface area contributed by atoms with Crippen molar-refractivity contribution in [1.29, 1.82) is 0 Å². The molecular weight excluding hydrogens is 364 g/mol. The first-order valence-electron chi connectivity index (χ1n) is 9.87. The van der Waals surface area contributed by atoms with Crippen LogP contribution < -0.4 is 10.1 Å². The molecule has 1 aromatic carbocycles. The SMILES string of the molecule is CCCCOc1ccc(Cl)cc1CN1CC[C@H](CNC(=O)OC(C)(C)C)C1. The van der Waals surface area contributed by atoms with Crippen molar-refractivity contribution < 1.29 is 14.3 Å². The van der Waals surface area contributed by atoms with Crippen LogP contribution >= 0.6 is 11.6 Å². The van der Waals surface area contributed by atoms with Crippen LogP contribution in [0.3, 0.4) is 0 Å². The number of rotatable bonds is 8. The second kappa shape index (κ2) is 10.2. The summed E-state index contributed by atoms with van der Waals surface area (Å²) in [5.74, 6) is 1.35. The molecule has 0 bridgehead atoms. The Hall–Kier alpha value is -1.46. The molecule has 152 valence electrons. The van der Waals surface area contributed by atoms with Crippen molar-refractivity contribution in [3.63, 3.8) is 0 Å². The smallest absolute Gasteiger partial charge is 0.407 e. The number of nitrogens with zero attached hydrogens (tertiary/aromatic N) is 1. The van der Waals surface area contributed by atoms with Gasteiger partial charge < -0.3 is 14.8 Å². The minimum atomic E-state index is -0.466. The van der Waals surface area contributed by atoms with Crippen LogP contribution in [0, 0.1) is 5.92 Å². The van der Waals surface area contributed by atoms with Gasteiger partial charge in [-0.05, 0) is 64.3 Å². The van der Waals surface area contributed by atoms with E-state index in [1.54, 1.807) is 0 Å². The van der Waals surface area contributed by atoms with Gasteiger partial charge in [0.2, 0.25) is 0 Å². The number of hydrogen-bond donors (Lipinski definition) is 1. The van der Waals surface area contributed by atoms with E-state index in [2.05, 4.69) is 17.1 Å². The van der Waals surface area contributed by atoms with Crippen molar-refractivity contribution in [3.8, 4) is 5.75 Å². The molecule has 0 aliphatic carbocycles. The predicted octanol–water partition coefficient (Wildman–Crippen LogP) is 4.87. The quantitative estimate of drug-likeness (QED) is 0.637. The largest absolute Gasteiger partial charge is 0.493 e. The van der Waals surface area contributed by atoms with Crippen molar-refractivity contribution >= 4 is 17.7 Å². The molecule has 1 aliphatic heterocycles. The number of likely N-dealkylation sites (tertiary alicyclic amines) is 1. The first-order valence-corrected chi connectivity index (χ1v) is 10.2. The molecule has 0 unspecified atom stereocenters. The van der Waals surface area contributed by atoms with Gasteiger partial charge in [-0.25, -0.2) is 4.79 Å². The normalized spacial score (nSPS) is 17.7. The number of carbonyl (C=O) groups is 1. The number of unbranched alkanes of at least 4 members (excludes halogenated alkanes) is 1. The number of carbonyl (C=O) groups excluding carboxylic acids is 1. The zero-order chi connectivity index (χ0) is 19.9. The second-order valence-corrected chi connectivity index (χ2v) is 8.66. The third-order valence-corrected chi connectivity index (χ3v) is 4.71. The molecule has 0 saturated carbocycles. The molecule has 5 nitrogen and oxygen atoms in total. The molecule has 1 fully saturated rings. The van der Waals surface area contributed by atoms with Crippen LogP contribution in [-0.2, 0) is 11.3 Å². The Kier molecular flexibility index (Phi) is 8.24. The predicted molar refractivity (Wildman–Crippen MR) is 109 cm³/mol. The molecule has 0 aromatic heterocycles. The maximum absolute atomic E-state index is 11.8. The number of nitrogens with one attached hydrogen (secondary N) is 1. The van der Waals surface area contributed by atoms with Gasteiger partial charge >= 0.3 is 6.09 Å². The number of ether oxygens (including phenoxy) is 2. The highest BCUT2D eigenvalue weighted by Gasteiger charge is 2.25. The lowest BCUT2D eigenvalue weighted by molar-refractivity contribution is 0.0519. The lowest BCUT2D eigenvalue weighted by Gasteiger charge is -2.21. The molecule has 2 rings (SSSR count). The van der Waals surface area contributed by atoms with Gasteiger partial charge in [0.1, 0.15) is 11.4 Å². The van der Waals surface area contributed by atoms with Crippen LogP contribution in [0.25, 0.3) is 0 Å². The fraction of sp³-hybridized carbons (Fsp3) is 0.667. The van der Waals surface area contributed by atoms with E-state index in [1.807, 2.05) is 39.0 Å². The maximum Gasteiger partial charge on any atom is 0.407 e. The van der Waals surface area contributed by atoms with Crippen LogP contribution in [0.2, 0.25) is 5.02 Å². The average molecular weight is 397 g/mol. The molecule has 1 N–H and O–H groups in total. The summed E-state index contributed by atoms with van der Waals surface area (Å²) in [6.07, 6.45) is 2.87. The summed E-state index contributed by atoms with van der Waals surface area (Å²) in [7, 11) is 0. The summed E-state index contributed by atoms with van der Waals surface area (Å²) >= 11 is 6.19. The number of alkyl carbamates (subject to hydrolysis) is 1. The molecule has 1 amide bonds. The Morgan fingerprint density at radius 1 is 1.37 bits per heavy atom. The number of halogens is 1. The minimum Gasteiger partial charge on any atom is -0.493 e. The van der Waals surface area contributed by atoms with Crippen LogP contribution in [0.5, 0.6) is 5.75 Å². The van der Waals surface area contributed by atoms with Gasteiger partial charge in [-0.2, -0.15) is 0 Å². The van der Waals surface area contributed by atoms with Gasteiger partial charge in [0.05, 0.1) is 6.61 Å². The maximum atomic E-state index is 11.8.